The average molecular weight is 539 g/mol. The summed E-state index contributed by atoms with van der Waals surface area (Å²) in [5, 5.41) is 21.7. The number of hydrogen-bond acceptors (Lipinski definition) is 6. The molecule has 0 aromatic rings. The highest BCUT2D eigenvalue weighted by atomic mass is 14.9. The van der Waals surface area contributed by atoms with Gasteiger partial charge in [-0.2, -0.15) is 0 Å². The van der Waals surface area contributed by atoms with E-state index in [0.717, 1.165) is 52.4 Å². The van der Waals surface area contributed by atoms with E-state index in [9.17, 15) is 0 Å². The van der Waals surface area contributed by atoms with Gasteiger partial charge in [0.05, 0.1) is 0 Å². The van der Waals surface area contributed by atoms with E-state index in [4.69, 9.17) is 0 Å². The fourth-order valence-electron chi connectivity index (χ4n) is 5.22. The number of rotatable bonds is 0. The molecule has 0 amide bonds. The van der Waals surface area contributed by atoms with Gasteiger partial charge in [-0.25, -0.2) is 0 Å². The zero-order valence-electron chi connectivity index (χ0n) is 25.6. The third-order valence-electron chi connectivity index (χ3n) is 7.74. The predicted octanol–water partition coefficient (Wildman–Crippen LogP) is 5.34. The summed E-state index contributed by atoms with van der Waals surface area (Å²) in [6.45, 7) is 14.0. The van der Waals surface area contributed by atoms with E-state index in [-0.39, 0.29) is 0 Å². The summed E-state index contributed by atoms with van der Waals surface area (Å²) < 4.78 is 0. The van der Waals surface area contributed by atoms with Crippen LogP contribution >= 0.6 is 0 Å². The van der Waals surface area contributed by atoms with Crippen molar-refractivity contribution in [2.24, 2.45) is 0 Å². The fraction of sp³-hybridized carbons (Fsp3) is 1.00. The largest absolute Gasteiger partial charge is 0.317 e. The van der Waals surface area contributed by atoms with Crippen molar-refractivity contribution in [3.63, 3.8) is 0 Å². The number of nitrogens with one attached hydrogen (secondary N) is 6. The lowest BCUT2D eigenvalue weighted by atomic mass is 10.1. The van der Waals surface area contributed by atoms with Gasteiger partial charge < -0.3 is 31.9 Å². The van der Waals surface area contributed by atoms with E-state index in [1.165, 1.54) is 155 Å². The second-order valence-corrected chi connectivity index (χ2v) is 11.6. The van der Waals surface area contributed by atoms with Crippen LogP contribution < -0.4 is 31.9 Å². The Balaban J connectivity index is 2.00. The minimum atomic E-state index is 1.15. The maximum Gasteiger partial charge on any atom is -0.00368 e. The SMILES string of the molecule is C1CCCCCNCCCNCCCNCCCCCCCCCCNCCCNCCCNCCCC1. The summed E-state index contributed by atoms with van der Waals surface area (Å²) >= 11 is 0. The van der Waals surface area contributed by atoms with E-state index < -0.39 is 0 Å². The molecule has 6 N–H and O–H groups in total. The van der Waals surface area contributed by atoms with Crippen LogP contribution in [0.4, 0.5) is 0 Å². The molecule has 1 heterocycles. The topological polar surface area (TPSA) is 72.2 Å². The third kappa shape index (κ3) is 30.3. The van der Waals surface area contributed by atoms with Crippen molar-refractivity contribution in [1.29, 1.82) is 0 Å². The summed E-state index contributed by atoms with van der Waals surface area (Å²) in [6.07, 6.45) is 27.3. The van der Waals surface area contributed by atoms with Crippen molar-refractivity contribution in [3.05, 3.63) is 0 Å². The summed E-state index contributed by atoms with van der Waals surface area (Å²) in [5.41, 5.74) is 0. The van der Waals surface area contributed by atoms with E-state index >= 15 is 0 Å². The summed E-state index contributed by atoms with van der Waals surface area (Å²) in [6, 6.07) is 0. The Morgan fingerprint density at radius 1 is 0.132 bits per heavy atom. The smallest absolute Gasteiger partial charge is 0.00368 e. The molecule has 1 aliphatic rings. The lowest BCUT2D eigenvalue weighted by molar-refractivity contribution is 0.518. The maximum atomic E-state index is 3.62. The van der Waals surface area contributed by atoms with Crippen LogP contribution in [0.1, 0.15) is 128 Å². The average Bonchev–Trinajstić information content (AvgIpc) is 2.93. The van der Waals surface area contributed by atoms with Crippen molar-refractivity contribution < 1.29 is 0 Å². The van der Waals surface area contributed by atoms with Gasteiger partial charge in [-0.05, 0) is 130 Å². The van der Waals surface area contributed by atoms with Crippen LogP contribution in [0.3, 0.4) is 0 Å². The molecule has 6 nitrogen and oxygen atoms in total. The zero-order valence-corrected chi connectivity index (χ0v) is 25.6. The van der Waals surface area contributed by atoms with Crippen molar-refractivity contribution in [1.82, 2.24) is 31.9 Å². The molecule has 0 aromatic carbocycles. The Hall–Kier alpha value is -0.240. The first kappa shape index (κ1) is 35.8. The molecule has 1 rings (SSSR count). The van der Waals surface area contributed by atoms with Crippen LogP contribution in [0.25, 0.3) is 0 Å². The van der Waals surface area contributed by atoms with Crippen molar-refractivity contribution in [3.8, 4) is 0 Å². The molecule has 1 saturated heterocycles. The molecule has 0 saturated carbocycles. The first-order chi connectivity index (χ1) is 19.0. The Morgan fingerprint density at radius 3 is 0.447 bits per heavy atom. The van der Waals surface area contributed by atoms with Crippen LogP contribution in [0.5, 0.6) is 0 Å². The Bertz CT molecular complexity index is 223. The first-order valence-electron chi connectivity index (χ1n) is 17.2. The summed E-state index contributed by atoms with van der Waals surface area (Å²) in [4.78, 5) is 0. The standard InChI is InChI=1S/C32H70N6/c1-2-6-10-14-22-34-26-18-30-38-32-20-28-36-24-16-12-8-4-3-7-11-15-23-35-27-19-31-37-29-17-25-33-21-13-9-5-1/h33-38H,1-32H2. The normalized spacial score (nSPS) is 24.0. The van der Waals surface area contributed by atoms with Gasteiger partial charge in [-0.1, -0.05) is 77.0 Å². The molecule has 0 bridgehead atoms. The molecular formula is C32H70N6. The fourth-order valence-corrected chi connectivity index (χ4v) is 5.22. The minimum Gasteiger partial charge on any atom is -0.317 e. The van der Waals surface area contributed by atoms with Gasteiger partial charge in [0.15, 0.2) is 0 Å². The van der Waals surface area contributed by atoms with Gasteiger partial charge in [0.25, 0.3) is 0 Å². The minimum absolute atomic E-state index is 1.15. The maximum absolute atomic E-state index is 3.62. The van der Waals surface area contributed by atoms with Gasteiger partial charge in [-0.15, -0.1) is 0 Å². The van der Waals surface area contributed by atoms with Gasteiger partial charge in [0.1, 0.15) is 0 Å². The van der Waals surface area contributed by atoms with Gasteiger partial charge in [0.2, 0.25) is 0 Å². The highest BCUT2D eigenvalue weighted by molar-refractivity contribution is 4.58. The van der Waals surface area contributed by atoms with Crippen LogP contribution in [-0.4, -0.2) is 78.5 Å². The lowest BCUT2D eigenvalue weighted by Gasteiger charge is -2.08. The molecule has 0 atom stereocenters. The van der Waals surface area contributed by atoms with E-state index in [0.29, 0.717) is 0 Å². The molecule has 1 aliphatic heterocycles. The molecule has 0 radical (unpaired) electrons. The highest BCUT2D eigenvalue weighted by Crippen LogP contribution is 2.09. The third-order valence-corrected chi connectivity index (χ3v) is 7.74. The summed E-state index contributed by atoms with van der Waals surface area (Å²) in [5.74, 6) is 0. The molecule has 6 heteroatoms. The quantitative estimate of drug-likeness (QED) is 0.250. The van der Waals surface area contributed by atoms with Crippen LogP contribution in [0, 0.1) is 0 Å². The van der Waals surface area contributed by atoms with Crippen LogP contribution in [0.2, 0.25) is 0 Å². The van der Waals surface area contributed by atoms with Crippen LogP contribution in [0.15, 0.2) is 0 Å². The molecule has 0 spiro atoms. The summed E-state index contributed by atoms with van der Waals surface area (Å²) in [7, 11) is 0. The molecule has 1 fully saturated rings. The van der Waals surface area contributed by atoms with Gasteiger partial charge in [-0.3, -0.25) is 0 Å². The first-order valence-corrected chi connectivity index (χ1v) is 17.2. The van der Waals surface area contributed by atoms with Gasteiger partial charge in [0, 0.05) is 0 Å². The lowest BCUT2D eigenvalue weighted by Crippen LogP contribution is -2.26. The Kier molecular flexibility index (Phi) is 31.0. The van der Waals surface area contributed by atoms with E-state index in [1.54, 1.807) is 0 Å². The highest BCUT2D eigenvalue weighted by Gasteiger charge is 1.97. The molecule has 38 heavy (non-hydrogen) atoms. The Morgan fingerprint density at radius 2 is 0.263 bits per heavy atom. The van der Waals surface area contributed by atoms with E-state index in [1.807, 2.05) is 0 Å². The second-order valence-electron chi connectivity index (χ2n) is 11.6. The Labute approximate surface area is 238 Å². The molecule has 0 unspecified atom stereocenters. The van der Waals surface area contributed by atoms with Crippen molar-refractivity contribution in [2.75, 3.05) is 78.5 Å². The van der Waals surface area contributed by atoms with Crippen molar-refractivity contribution in [2.45, 2.75) is 128 Å². The molecule has 228 valence electrons. The molecule has 0 aliphatic carbocycles. The zero-order chi connectivity index (χ0) is 26.9. The van der Waals surface area contributed by atoms with Crippen molar-refractivity contribution >= 4 is 0 Å². The number of hydrogen-bond donors (Lipinski definition) is 6. The second kappa shape index (κ2) is 33.0. The molecular weight excluding hydrogens is 468 g/mol. The predicted molar refractivity (Wildman–Crippen MR) is 170 cm³/mol. The van der Waals surface area contributed by atoms with Crippen LogP contribution in [-0.2, 0) is 0 Å². The monoisotopic (exact) mass is 539 g/mol. The van der Waals surface area contributed by atoms with Gasteiger partial charge >= 0.3 is 0 Å². The molecule has 0 aromatic heterocycles. The van der Waals surface area contributed by atoms with E-state index in [2.05, 4.69) is 31.9 Å².